The summed E-state index contributed by atoms with van der Waals surface area (Å²) < 4.78 is 5.23. The van der Waals surface area contributed by atoms with E-state index < -0.39 is 0 Å². The molecular weight excluding hydrogens is 201 g/mol. The van der Waals surface area contributed by atoms with Crippen LogP contribution in [0.25, 0.3) is 0 Å². The maximum atomic E-state index is 8.57. The Labute approximate surface area is 85.3 Å². The van der Waals surface area contributed by atoms with Crippen LogP contribution in [0.15, 0.2) is 0 Å². The molecule has 0 heterocycles. The van der Waals surface area contributed by atoms with Gasteiger partial charge in [0.15, 0.2) is 0 Å². The second-order valence-corrected chi connectivity index (χ2v) is 4.69. The topological polar surface area (TPSA) is 29.5 Å². The Morgan fingerprint density at radius 1 is 1.38 bits per heavy atom. The van der Waals surface area contributed by atoms with Gasteiger partial charge < -0.3 is 0 Å². The first-order valence-electron chi connectivity index (χ1n) is 4.88. The number of hydrogen-bond donors (Lipinski definition) is 1. The van der Waals surface area contributed by atoms with Gasteiger partial charge in [-0.3, -0.25) is 0 Å². The van der Waals surface area contributed by atoms with Crippen molar-refractivity contribution in [2.45, 2.75) is 32.6 Å². The zero-order valence-corrected chi connectivity index (χ0v) is 10.2. The van der Waals surface area contributed by atoms with Crippen LogP contribution >= 0.6 is 16.9 Å². The molecule has 0 rings (SSSR count). The van der Waals surface area contributed by atoms with Crippen LogP contribution in [0.1, 0.15) is 32.6 Å². The normalized spacial score (nSPS) is 11.5. The van der Waals surface area contributed by atoms with Gasteiger partial charge in [-0.05, 0) is 0 Å². The van der Waals surface area contributed by atoms with Crippen molar-refractivity contribution in [3.8, 4) is 0 Å². The fourth-order valence-corrected chi connectivity index (χ4v) is 1.99. The molecule has 0 bridgehead atoms. The van der Waals surface area contributed by atoms with Gasteiger partial charge in [-0.15, -0.1) is 0 Å². The van der Waals surface area contributed by atoms with E-state index >= 15 is 0 Å². The molecule has 0 saturated carbocycles. The molecular formula is C8H19BO2P2. The second-order valence-electron chi connectivity index (χ2n) is 2.85. The van der Waals surface area contributed by atoms with Crippen LogP contribution < -0.4 is 0 Å². The fourth-order valence-electron chi connectivity index (χ4n) is 0.860. The van der Waals surface area contributed by atoms with E-state index in [1.165, 1.54) is 33.5 Å². The number of rotatable bonds is 9. The van der Waals surface area contributed by atoms with E-state index in [2.05, 4.69) is 6.92 Å². The summed E-state index contributed by atoms with van der Waals surface area (Å²) in [5, 5.41) is 0. The minimum absolute atomic E-state index is 0.135. The van der Waals surface area contributed by atoms with Crippen molar-refractivity contribution in [1.29, 1.82) is 0 Å². The van der Waals surface area contributed by atoms with Crippen LogP contribution in [0.3, 0.4) is 0 Å². The summed E-state index contributed by atoms with van der Waals surface area (Å²) in [7, 11) is 1.43. The van der Waals surface area contributed by atoms with Crippen molar-refractivity contribution < 1.29 is 9.55 Å². The molecule has 0 aromatic rings. The standard InChI is InChI=1S/C8H19BO2P2/c1-2-6-11-9-12-7-4-3-5-8-13-10/h10,13H,2-8H2,1H3. The Kier molecular flexibility index (Phi) is 13.4. The Morgan fingerprint density at radius 3 is 2.92 bits per heavy atom. The summed E-state index contributed by atoms with van der Waals surface area (Å²) in [6.07, 6.45) is 6.91. The summed E-state index contributed by atoms with van der Waals surface area (Å²) in [6, 6.07) is 0. The van der Waals surface area contributed by atoms with Gasteiger partial charge in [-0.2, -0.15) is 0 Å². The molecule has 76 valence electrons. The quantitative estimate of drug-likeness (QED) is 0.367. The Morgan fingerprint density at radius 2 is 2.23 bits per heavy atom. The summed E-state index contributed by atoms with van der Waals surface area (Å²) in [5.74, 6) is 0. The molecule has 0 aliphatic heterocycles. The van der Waals surface area contributed by atoms with E-state index in [1.54, 1.807) is 0 Å². The van der Waals surface area contributed by atoms with Gasteiger partial charge in [0.05, 0.1) is 0 Å². The molecule has 0 saturated heterocycles. The zero-order valence-electron chi connectivity index (χ0n) is 8.33. The average molecular weight is 220 g/mol. The van der Waals surface area contributed by atoms with E-state index in [4.69, 9.17) is 9.55 Å². The summed E-state index contributed by atoms with van der Waals surface area (Å²) in [6.45, 7) is 4.86. The van der Waals surface area contributed by atoms with Crippen LogP contribution in [0.2, 0.25) is 0 Å². The fraction of sp³-hybridized carbons (Fsp3) is 1.00. The zero-order chi connectivity index (χ0) is 9.78. The number of unbranched alkanes of at least 4 members (excludes halogenated alkanes) is 2. The predicted molar refractivity (Wildman–Crippen MR) is 63.0 cm³/mol. The van der Waals surface area contributed by atoms with E-state index in [0.29, 0.717) is 0 Å². The molecule has 0 aromatic carbocycles. The summed E-state index contributed by atoms with van der Waals surface area (Å²) in [5.41, 5.74) is 0. The molecule has 1 unspecified atom stereocenters. The Hall–Kier alpha value is 0.715. The van der Waals surface area contributed by atoms with Crippen molar-refractivity contribution >= 4 is 23.7 Å². The Bertz CT molecular complexity index is 123. The van der Waals surface area contributed by atoms with Crippen LogP contribution in [0, 0.1) is 0 Å². The van der Waals surface area contributed by atoms with Gasteiger partial charge in [0, 0.05) is 0 Å². The molecule has 0 aliphatic rings. The SMILES string of the molecule is CCCOB=PCCCCCPO. The van der Waals surface area contributed by atoms with Crippen molar-refractivity contribution in [3.05, 3.63) is 0 Å². The minimum atomic E-state index is 0.135. The first-order valence-corrected chi connectivity index (χ1v) is 7.19. The second kappa shape index (κ2) is 12.7. The number of hydrogen-bond acceptors (Lipinski definition) is 2. The summed E-state index contributed by atoms with van der Waals surface area (Å²) >= 11 is 0. The first-order chi connectivity index (χ1) is 6.41. The molecule has 0 spiro atoms. The molecule has 2 nitrogen and oxygen atoms in total. The molecule has 0 amide bonds. The monoisotopic (exact) mass is 220 g/mol. The van der Waals surface area contributed by atoms with Crippen molar-refractivity contribution in [3.63, 3.8) is 0 Å². The summed E-state index contributed by atoms with van der Waals surface area (Å²) in [4.78, 5) is 8.57. The van der Waals surface area contributed by atoms with E-state index in [1.807, 2.05) is 6.82 Å². The van der Waals surface area contributed by atoms with Gasteiger partial charge in [-0.25, -0.2) is 0 Å². The molecule has 0 aromatic heterocycles. The van der Waals surface area contributed by atoms with E-state index in [0.717, 1.165) is 19.2 Å². The van der Waals surface area contributed by atoms with Crippen molar-refractivity contribution in [1.82, 2.24) is 0 Å². The van der Waals surface area contributed by atoms with Crippen LogP contribution in [0.4, 0.5) is 0 Å². The molecule has 1 N–H and O–H groups in total. The average Bonchev–Trinajstić information content (AvgIpc) is 2.16. The molecule has 0 fully saturated rings. The third kappa shape index (κ3) is 12.7. The van der Waals surface area contributed by atoms with Crippen molar-refractivity contribution in [2.75, 3.05) is 18.9 Å². The molecule has 0 aliphatic carbocycles. The maximum absolute atomic E-state index is 8.57. The van der Waals surface area contributed by atoms with Gasteiger partial charge in [0.1, 0.15) is 0 Å². The van der Waals surface area contributed by atoms with Gasteiger partial charge in [0.2, 0.25) is 0 Å². The molecule has 13 heavy (non-hydrogen) atoms. The van der Waals surface area contributed by atoms with Gasteiger partial charge >= 0.3 is 84.8 Å². The van der Waals surface area contributed by atoms with Gasteiger partial charge in [-0.1, -0.05) is 0 Å². The third-order valence-corrected chi connectivity index (χ3v) is 3.00. The van der Waals surface area contributed by atoms with Crippen LogP contribution in [0.5, 0.6) is 0 Å². The molecule has 1 atom stereocenters. The van der Waals surface area contributed by atoms with E-state index in [-0.39, 0.29) is 8.81 Å². The van der Waals surface area contributed by atoms with Crippen LogP contribution in [-0.4, -0.2) is 30.6 Å². The van der Waals surface area contributed by atoms with E-state index in [9.17, 15) is 0 Å². The Balaban J connectivity index is 2.93. The van der Waals surface area contributed by atoms with Gasteiger partial charge in [0.25, 0.3) is 0 Å². The first kappa shape index (κ1) is 13.7. The third-order valence-electron chi connectivity index (χ3n) is 1.55. The molecule has 5 heteroatoms. The molecule has 0 radical (unpaired) electrons. The van der Waals surface area contributed by atoms with Crippen molar-refractivity contribution in [2.24, 2.45) is 0 Å². The predicted octanol–water partition coefficient (Wildman–Crippen LogP) is 2.65. The van der Waals surface area contributed by atoms with Crippen LogP contribution in [-0.2, 0) is 4.65 Å².